The molecule has 1 aliphatic carbocycles. The molecule has 6 nitrogen and oxygen atoms in total. The van der Waals surface area contributed by atoms with Gasteiger partial charge in [-0.05, 0) is 31.7 Å². The third-order valence-electron chi connectivity index (χ3n) is 3.39. The third-order valence-corrected chi connectivity index (χ3v) is 3.61. The number of aliphatic hydroxyl groups excluding tert-OH is 1. The number of carbonyl (C=O) groups excluding carboxylic acids is 1. The van der Waals surface area contributed by atoms with E-state index < -0.39 is 4.92 Å². The Bertz CT molecular complexity index is 527. The van der Waals surface area contributed by atoms with Crippen LogP contribution in [0.5, 0.6) is 0 Å². The number of rotatable bonds is 3. The quantitative estimate of drug-likeness (QED) is 0.661. The molecule has 2 N–H and O–H groups in total. The number of nitro groups is 1. The van der Waals surface area contributed by atoms with Crippen molar-refractivity contribution in [3.05, 3.63) is 38.9 Å². The summed E-state index contributed by atoms with van der Waals surface area (Å²) in [7, 11) is 0. The number of nitrogens with zero attached hydrogens (tertiary/aromatic N) is 1. The number of benzene rings is 1. The molecule has 0 bridgehead atoms. The van der Waals surface area contributed by atoms with E-state index in [1.54, 1.807) is 0 Å². The Hall–Kier alpha value is -1.66. The first-order valence-corrected chi connectivity index (χ1v) is 6.77. The number of nitrogens with one attached hydrogen (secondary N) is 1. The van der Waals surface area contributed by atoms with Crippen molar-refractivity contribution in [2.75, 3.05) is 0 Å². The summed E-state index contributed by atoms with van der Waals surface area (Å²) >= 11 is 5.78. The van der Waals surface area contributed by atoms with Crippen LogP contribution in [0.2, 0.25) is 5.02 Å². The van der Waals surface area contributed by atoms with Gasteiger partial charge in [-0.25, -0.2) is 0 Å². The molecule has 2 rings (SSSR count). The second-order valence-electron chi connectivity index (χ2n) is 4.93. The standard InChI is InChI=1S/C13H15ClN2O4/c14-9-5-8(6-11(7-9)16(19)20)13(18)15-10-1-3-12(17)4-2-10/h5-7,10,12,17H,1-4H2,(H,15,18). The van der Waals surface area contributed by atoms with Gasteiger partial charge in [-0.1, -0.05) is 11.6 Å². The van der Waals surface area contributed by atoms with E-state index in [1.807, 2.05) is 0 Å². The van der Waals surface area contributed by atoms with Crippen LogP contribution in [0.1, 0.15) is 36.0 Å². The van der Waals surface area contributed by atoms with E-state index in [0.29, 0.717) is 25.7 Å². The average molecular weight is 299 g/mol. The van der Waals surface area contributed by atoms with Gasteiger partial charge in [0.05, 0.1) is 11.0 Å². The van der Waals surface area contributed by atoms with Gasteiger partial charge in [0.1, 0.15) is 0 Å². The van der Waals surface area contributed by atoms with Gasteiger partial charge < -0.3 is 10.4 Å². The van der Waals surface area contributed by atoms with E-state index >= 15 is 0 Å². The molecule has 1 aromatic rings. The topological polar surface area (TPSA) is 92.5 Å². The number of hydrogen-bond acceptors (Lipinski definition) is 4. The molecule has 0 aliphatic heterocycles. The Morgan fingerprint density at radius 1 is 1.30 bits per heavy atom. The minimum Gasteiger partial charge on any atom is -0.393 e. The van der Waals surface area contributed by atoms with Crippen molar-refractivity contribution in [2.45, 2.75) is 37.8 Å². The summed E-state index contributed by atoms with van der Waals surface area (Å²) in [5.41, 5.74) is -0.0305. The number of carbonyl (C=O) groups is 1. The lowest BCUT2D eigenvalue weighted by Crippen LogP contribution is -2.38. The number of halogens is 1. The Balaban J connectivity index is 2.07. The molecule has 7 heteroatoms. The Morgan fingerprint density at radius 2 is 1.95 bits per heavy atom. The van der Waals surface area contributed by atoms with Gasteiger partial charge in [0.2, 0.25) is 0 Å². The summed E-state index contributed by atoms with van der Waals surface area (Å²) in [6, 6.07) is 3.80. The zero-order valence-corrected chi connectivity index (χ0v) is 11.5. The molecule has 0 radical (unpaired) electrons. The zero-order chi connectivity index (χ0) is 14.7. The highest BCUT2D eigenvalue weighted by Crippen LogP contribution is 2.22. The van der Waals surface area contributed by atoms with E-state index in [4.69, 9.17) is 11.6 Å². The second-order valence-corrected chi connectivity index (χ2v) is 5.37. The lowest BCUT2D eigenvalue weighted by Gasteiger charge is -2.26. The third kappa shape index (κ3) is 3.68. The average Bonchev–Trinajstić information content (AvgIpc) is 2.40. The maximum atomic E-state index is 12.1. The maximum absolute atomic E-state index is 12.1. The summed E-state index contributed by atoms with van der Waals surface area (Å²) in [6.45, 7) is 0. The maximum Gasteiger partial charge on any atom is 0.271 e. The molecule has 1 saturated carbocycles. The molecule has 1 amide bonds. The Kier molecular flexibility index (Phi) is 4.57. The largest absolute Gasteiger partial charge is 0.393 e. The molecule has 0 aromatic heterocycles. The fraction of sp³-hybridized carbons (Fsp3) is 0.462. The minimum absolute atomic E-state index is 0.0102. The van der Waals surface area contributed by atoms with E-state index in [0.717, 1.165) is 0 Å². The number of non-ortho nitro benzene ring substituents is 1. The lowest BCUT2D eigenvalue weighted by atomic mass is 9.93. The van der Waals surface area contributed by atoms with Crippen LogP contribution in [-0.2, 0) is 0 Å². The zero-order valence-electron chi connectivity index (χ0n) is 10.7. The molecule has 0 heterocycles. The Labute approximate surface area is 120 Å². The summed E-state index contributed by atoms with van der Waals surface area (Å²) < 4.78 is 0. The van der Waals surface area contributed by atoms with Gasteiger partial charge in [-0.2, -0.15) is 0 Å². The molecule has 20 heavy (non-hydrogen) atoms. The highest BCUT2D eigenvalue weighted by atomic mass is 35.5. The van der Waals surface area contributed by atoms with Crippen LogP contribution in [0, 0.1) is 10.1 Å². The van der Waals surface area contributed by atoms with Crippen LogP contribution in [-0.4, -0.2) is 28.1 Å². The van der Waals surface area contributed by atoms with Gasteiger partial charge in [0.25, 0.3) is 11.6 Å². The fourth-order valence-electron chi connectivity index (χ4n) is 2.30. The predicted molar refractivity (Wildman–Crippen MR) is 73.8 cm³/mol. The van der Waals surface area contributed by atoms with E-state index in [2.05, 4.69) is 5.32 Å². The van der Waals surface area contributed by atoms with Crippen molar-refractivity contribution >= 4 is 23.2 Å². The van der Waals surface area contributed by atoms with Crippen molar-refractivity contribution < 1.29 is 14.8 Å². The van der Waals surface area contributed by atoms with Crippen LogP contribution < -0.4 is 5.32 Å². The molecular formula is C13H15ClN2O4. The predicted octanol–water partition coefficient (Wildman–Crippen LogP) is 2.28. The van der Waals surface area contributed by atoms with Gasteiger partial charge in [-0.15, -0.1) is 0 Å². The molecule has 0 unspecified atom stereocenters. The number of aliphatic hydroxyl groups is 1. The van der Waals surface area contributed by atoms with Crippen molar-refractivity contribution in [3.8, 4) is 0 Å². The molecular weight excluding hydrogens is 284 g/mol. The minimum atomic E-state index is -0.584. The smallest absolute Gasteiger partial charge is 0.271 e. The summed E-state index contributed by atoms with van der Waals surface area (Å²) in [6.07, 6.45) is 2.42. The first kappa shape index (κ1) is 14.7. The molecule has 1 aliphatic rings. The number of hydrogen-bond donors (Lipinski definition) is 2. The summed E-state index contributed by atoms with van der Waals surface area (Å²) in [4.78, 5) is 22.2. The van der Waals surface area contributed by atoms with Gasteiger partial charge in [0, 0.05) is 28.8 Å². The molecule has 108 valence electrons. The fourth-order valence-corrected chi connectivity index (χ4v) is 2.53. The first-order valence-electron chi connectivity index (χ1n) is 6.39. The monoisotopic (exact) mass is 298 g/mol. The van der Waals surface area contributed by atoms with Crippen molar-refractivity contribution in [2.24, 2.45) is 0 Å². The molecule has 1 fully saturated rings. The highest BCUT2D eigenvalue weighted by Gasteiger charge is 2.22. The molecule has 0 atom stereocenters. The van der Waals surface area contributed by atoms with Crippen LogP contribution in [0.15, 0.2) is 18.2 Å². The highest BCUT2D eigenvalue weighted by molar-refractivity contribution is 6.31. The van der Waals surface area contributed by atoms with E-state index in [1.165, 1.54) is 18.2 Å². The summed E-state index contributed by atoms with van der Waals surface area (Å²) in [5.74, 6) is -0.378. The van der Waals surface area contributed by atoms with Crippen LogP contribution in [0.3, 0.4) is 0 Å². The van der Waals surface area contributed by atoms with Crippen molar-refractivity contribution in [3.63, 3.8) is 0 Å². The van der Waals surface area contributed by atoms with Crippen molar-refractivity contribution in [1.29, 1.82) is 0 Å². The molecule has 0 saturated heterocycles. The summed E-state index contributed by atoms with van der Waals surface area (Å²) in [5, 5.41) is 23.1. The normalized spacial score (nSPS) is 22.3. The first-order chi connectivity index (χ1) is 9.45. The second kappa shape index (κ2) is 6.19. The number of nitro benzene ring substituents is 1. The van der Waals surface area contributed by atoms with Gasteiger partial charge in [0.15, 0.2) is 0 Å². The number of amides is 1. The van der Waals surface area contributed by atoms with Crippen molar-refractivity contribution in [1.82, 2.24) is 5.32 Å². The van der Waals surface area contributed by atoms with E-state index in [9.17, 15) is 20.0 Å². The SMILES string of the molecule is O=C(NC1CCC(O)CC1)c1cc(Cl)cc([N+](=O)[O-])c1. The molecule has 1 aromatic carbocycles. The van der Waals surface area contributed by atoms with Crippen LogP contribution in [0.4, 0.5) is 5.69 Å². The van der Waals surface area contributed by atoms with Crippen LogP contribution in [0.25, 0.3) is 0 Å². The van der Waals surface area contributed by atoms with Gasteiger partial charge >= 0.3 is 0 Å². The van der Waals surface area contributed by atoms with Crippen LogP contribution >= 0.6 is 11.6 Å². The lowest BCUT2D eigenvalue weighted by molar-refractivity contribution is -0.384. The van der Waals surface area contributed by atoms with E-state index in [-0.39, 0.29) is 34.3 Å². The van der Waals surface area contributed by atoms with Gasteiger partial charge in [-0.3, -0.25) is 14.9 Å². The molecule has 0 spiro atoms. The Morgan fingerprint density at radius 3 is 2.55 bits per heavy atom.